The summed E-state index contributed by atoms with van der Waals surface area (Å²) in [6.07, 6.45) is 0. The molecule has 5 nitrogen and oxygen atoms in total. The third kappa shape index (κ3) is 5.55. The molecule has 2 amide bonds. The zero-order valence-corrected chi connectivity index (χ0v) is 25.8. The fourth-order valence-corrected chi connectivity index (χ4v) is 6.47. The molecule has 1 saturated carbocycles. The number of fused-ring (bicyclic) bond motifs is 1. The number of carbonyl (C=O) groups is 2. The van der Waals surface area contributed by atoms with Crippen LogP contribution in [0.4, 0.5) is 11.4 Å². The van der Waals surface area contributed by atoms with Crippen molar-refractivity contribution in [2.45, 2.75) is 43.4 Å². The van der Waals surface area contributed by atoms with Crippen LogP contribution in [0.1, 0.15) is 53.9 Å². The van der Waals surface area contributed by atoms with Crippen LogP contribution in [0.25, 0.3) is 10.9 Å². The lowest BCUT2D eigenvalue weighted by Crippen LogP contribution is -2.18. The number of aromatic amines is 1. The molecule has 0 bridgehead atoms. The minimum Gasteiger partial charge on any atom is -0.358 e. The molecular formula is C30H26Cl5N3O2. The molecule has 2 unspecified atom stereocenters. The molecule has 0 saturated heterocycles. The fourth-order valence-electron chi connectivity index (χ4n) is 4.90. The second-order valence-electron chi connectivity index (χ2n) is 11.1. The van der Waals surface area contributed by atoms with E-state index in [1.165, 1.54) is 6.07 Å². The SMILES string of the molecule is Cc1c(NC(=O)c2cc(NC(=O)C3C(c4cc(Cl)cc(Cl)c4)C3(Cl)Cl)ccc2Cl)ccc2[nH]c(C(C)(C)C)cc12. The number of rotatable bonds is 5. The minimum atomic E-state index is -1.33. The van der Waals surface area contributed by atoms with Crippen LogP contribution in [-0.2, 0) is 10.2 Å². The Morgan fingerprint density at radius 3 is 2.23 bits per heavy atom. The van der Waals surface area contributed by atoms with E-state index in [1.54, 1.807) is 30.3 Å². The molecule has 1 aliphatic rings. The molecule has 0 aliphatic heterocycles. The van der Waals surface area contributed by atoms with E-state index < -0.39 is 28.0 Å². The predicted molar refractivity (Wildman–Crippen MR) is 167 cm³/mol. The Balaban J connectivity index is 1.34. The van der Waals surface area contributed by atoms with Crippen LogP contribution in [0.2, 0.25) is 15.1 Å². The van der Waals surface area contributed by atoms with Gasteiger partial charge >= 0.3 is 0 Å². The van der Waals surface area contributed by atoms with Crippen LogP contribution >= 0.6 is 58.0 Å². The van der Waals surface area contributed by atoms with E-state index in [1.807, 2.05) is 19.1 Å². The number of halogens is 5. The molecular weight excluding hydrogens is 612 g/mol. The number of alkyl halides is 2. The van der Waals surface area contributed by atoms with Gasteiger partial charge in [0.15, 0.2) is 0 Å². The molecule has 1 aliphatic carbocycles. The molecule has 1 aromatic heterocycles. The standard InChI is InChI=1S/C30H26Cl5N3O2/c1-14-19-13-24(29(2,3)4)37-23(19)8-7-22(14)38-27(39)20-12-18(5-6-21(20)33)36-28(40)26-25(30(26,34)35)15-9-16(31)11-17(32)10-15/h5-13,25-26,37H,1-4H3,(H,36,40)(H,38,39). The van der Waals surface area contributed by atoms with E-state index in [0.29, 0.717) is 27.0 Å². The van der Waals surface area contributed by atoms with Gasteiger partial charge in [-0.3, -0.25) is 9.59 Å². The van der Waals surface area contributed by atoms with Gasteiger partial charge in [0.1, 0.15) is 4.33 Å². The highest BCUT2D eigenvalue weighted by atomic mass is 35.5. The Labute approximate surface area is 257 Å². The largest absolute Gasteiger partial charge is 0.358 e. The molecule has 3 N–H and O–H groups in total. The number of aryl methyl sites for hydroxylation is 1. The van der Waals surface area contributed by atoms with Crippen molar-refractivity contribution in [3.63, 3.8) is 0 Å². The summed E-state index contributed by atoms with van der Waals surface area (Å²) in [5, 5.41) is 7.89. The number of hydrogen-bond acceptors (Lipinski definition) is 2. The van der Waals surface area contributed by atoms with Crippen LogP contribution in [0.15, 0.2) is 54.6 Å². The molecule has 1 fully saturated rings. The number of aromatic nitrogens is 1. The quantitative estimate of drug-likeness (QED) is 0.191. The highest BCUT2D eigenvalue weighted by Gasteiger charge is 2.67. The average molecular weight is 638 g/mol. The van der Waals surface area contributed by atoms with Gasteiger partial charge in [0.25, 0.3) is 5.91 Å². The van der Waals surface area contributed by atoms with E-state index >= 15 is 0 Å². The van der Waals surface area contributed by atoms with Crippen molar-refractivity contribution in [2.75, 3.05) is 10.6 Å². The fraction of sp³-hybridized carbons (Fsp3) is 0.267. The summed E-state index contributed by atoms with van der Waals surface area (Å²) in [4.78, 5) is 29.9. The van der Waals surface area contributed by atoms with Crippen molar-refractivity contribution in [1.29, 1.82) is 0 Å². The maximum atomic E-state index is 13.3. The number of hydrogen-bond donors (Lipinski definition) is 3. The Hall–Kier alpha value is -2.41. The number of nitrogens with one attached hydrogen (secondary N) is 3. The molecule has 208 valence electrons. The first-order valence-electron chi connectivity index (χ1n) is 12.5. The van der Waals surface area contributed by atoms with Crippen molar-refractivity contribution in [2.24, 2.45) is 5.92 Å². The molecule has 3 aromatic carbocycles. The van der Waals surface area contributed by atoms with Crippen molar-refractivity contribution in [1.82, 2.24) is 4.98 Å². The first kappa shape index (κ1) is 29.1. The Morgan fingerprint density at radius 1 is 0.900 bits per heavy atom. The van der Waals surface area contributed by atoms with E-state index in [9.17, 15) is 9.59 Å². The van der Waals surface area contributed by atoms with Crippen LogP contribution < -0.4 is 10.6 Å². The summed E-state index contributed by atoms with van der Waals surface area (Å²) in [6, 6.07) is 15.6. The van der Waals surface area contributed by atoms with Crippen molar-refractivity contribution < 1.29 is 9.59 Å². The van der Waals surface area contributed by atoms with E-state index in [-0.39, 0.29) is 16.0 Å². The van der Waals surface area contributed by atoms with Crippen LogP contribution in [0.5, 0.6) is 0 Å². The monoisotopic (exact) mass is 635 g/mol. The highest BCUT2D eigenvalue weighted by molar-refractivity contribution is 6.53. The second kappa shape index (κ2) is 10.5. The molecule has 5 rings (SSSR count). The van der Waals surface area contributed by atoms with Gasteiger partial charge in [-0.1, -0.05) is 55.6 Å². The van der Waals surface area contributed by atoms with Crippen LogP contribution in [-0.4, -0.2) is 21.1 Å². The van der Waals surface area contributed by atoms with Crippen LogP contribution in [0, 0.1) is 12.8 Å². The third-order valence-corrected chi connectivity index (χ3v) is 8.89. The molecule has 0 spiro atoms. The van der Waals surface area contributed by atoms with Crippen molar-refractivity contribution in [3.8, 4) is 0 Å². The second-order valence-corrected chi connectivity index (χ2v) is 13.8. The summed E-state index contributed by atoms with van der Waals surface area (Å²) >= 11 is 31.6. The normalized spacial score (nSPS) is 18.0. The van der Waals surface area contributed by atoms with Gasteiger partial charge in [-0.15, -0.1) is 23.2 Å². The van der Waals surface area contributed by atoms with Gasteiger partial charge < -0.3 is 15.6 Å². The molecule has 4 aromatic rings. The summed E-state index contributed by atoms with van der Waals surface area (Å²) in [5.41, 5.74) is 4.92. The number of H-pyrrole nitrogens is 1. The van der Waals surface area contributed by atoms with Gasteiger partial charge in [-0.2, -0.15) is 0 Å². The first-order chi connectivity index (χ1) is 18.7. The Kier molecular flexibility index (Phi) is 7.60. The average Bonchev–Trinajstić information content (AvgIpc) is 3.18. The van der Waals surface area contributed by atoms with Crippen molar-refractivity contribution in [3.05, 3.63) is 92.0 Å². The smallest absolute Gasteiger partial charge is 0.257 e. The van der Waals surface area contributed by atoms with E-state index in [0.717, 1.165) is 22.2 Å². The summed E-state index contributed by atoms with van der Waals surface area (Å²) in [6.45, 7) is 8.38. The molecule has 0 radical (unpaired) electrons. The predicted octanol–water partition coefficient (Wildman–Crippen LogP) is 9.51. The third-order valence-electron chi connectivity index (χ3n) is 7.19. The zero-order chi connectivity index (χ0) is 29.1. The van der Waals surface area contributed by atoms with Gasteiger partial charge in [0.2, 0.25) is 5.91 Å². The Morgan fingerprint density at radius 2 is 1.57 bits per heavy atom. The van der Waals surface area contributed by atoms with Gasteiger partial charge in [-0.25, -0.2) is 0 Å². The molecule has 10 heteroatoms. The highest BCUT2D eigenvalue weighted by Crippen LogP contribution is 2.65. The maximum absolute atomic E-state index is 13.3. The van der Waals surface area contributed by atoms with Crippen LogP contribution in [0.3, 0.4) is 0 Å². The topological polar surface area (TPSA) is 74.0 Å². The summed E-state index contributed by atoms with van der Waals surface area (Å²) in [5.74, 6) is -2.04. The maximum Gasteiger partial charge on any atom is 0.257 e. The summed E-state index contributed by atoms with van der Waals surface area (Å²) in [7, 11) is 0. The van der Waals surface area contributed by atoms with Gasteiger partial charge in [-0.05, 0) is 72.6 Å². The van der Waals surface area contributed by atoms with Gasteiger partial charge in [0, 0.05) is 49.3 Å². The number of carbonyl (C=O) groups excluding carboxylic acids is 2. The van der Waals surface area contributed by atoms with E-state index in [2.05, 4.69) is 42.5 Å². The lowest BCUT2D eigenvalue weighted by Gasteiger charge is -2.15. The molecule has 1 heterocycles. The van der Waals surface area contributed by atoms with Crippen molar-refractivity contribution >= 4 is 92.1 Å². The van der Waals surface area contributed by atoms with Gasteiger partial charge in [0.05, 0.1) is 16.5 Å². The Bertz CT molecular complexity index is 1650. The number of anilines is 2. The first-order valence-corrected chi connectivity index (χ1v) is 14.4. The van der Waals surface area contributed by atoms with E-state index in [4.69, 9.17) is 58.0 Å². The number of benzene rings is 3. The lowest BCUT2D eigenvalue weighted by atomic mass is 9.92. The minimum absolute atomic E-state index is 0.0401. The zero-order valence-electron chi connectivity index (χ0n) is 22.1. The lowest BCUT2D eigenvalue weighted by molar-refractivity contribution is -0.117. The summed E-state index contributed by atoms with van der Waals surface area (Å²) < 4.78 is -1.33. The molecule has 40 heavy (non-hydrogen) atoms. The number of amides is 2. The molecule has 2 atom stereocenters.